The fraction of sp³-hybridized carbons (Fsp3) is 0.105. The molecule has 2 heterocycles. The van der Waals surface area contributed by atoms with Crippen LogP contribution in [0.2, 0.25) is 5.02 Å². The Hall–Kier alpha value is -3.21. The molecule has 2 aromatic carbocycles. The van der Waals surface area contributed by atoms with Gasteiger partial charge in [-0.2, -0.15) is 8.42 Å². The Morgan fingerprint density at radius 1 is 1.17 bits per heavy atom. The molecule has 0 fully saturated rings. The van der Waals surface area contributed by atoms with E-state index in [9.17, 15) is 8.42 Å². The molecule has 3 aromatic rings. The number of rotatable bonds is 5. The number of benzene rings is 2. The number of nitrogens with zero attached hydrogens (tertiary/aromatic N) is 4. The number of anilines is 1. The van der Waals surface area contributed by atoms with Crippen LogP contribution in [0, 0.1) is 0 Å². The molecular weight excluding hydrogens is 428 g/mol. The molecule has 1 unspecified atom stereocenters. The molecule has 9 nitrogen and oxygen atoms in total. The lowest BCUT2D eigenvalue weighted by Crippen LogP contribution is -2.45. The molecule has 1 aliphatic heterocycles. The van der Waals surface area contributed by atoms with E-state index in [0.717, 1.165) is 5.56 Å². The van der Waals surface area contributed by atoms with E-state index in [1.165, 1.54) is 12.4 Å². The minimum Gasteiger partial charge on any atom is -0.437 e. The number of nitrogens with one attached hydrogen (secondary N) is 1. The van der Waals surface area contributed by atoms with Crippen molar-refractivity contribution in [1.82, 2.24) is 14.7 Å². The van der Waals surface area contributed by atoms with Crippen molar-refractivity contribution < 1.29 is 13.2 Å². The lowest BCUT2D eigenvalue weighted by Gasteiger charge is -2.28. The van der Waals surface area contributed by atoms with Crippen LogP contribution in [0.15, 0.2) is 72.1 Å². The first kappa shape index (κ1) is 20.1. The standard InChI is InChI=1S/C19H17ClN6O3S/c20-14-4-6-15(7-5-14)26-17(11-24-19(26)25-30(21,27)28)13-2-1-3-16(10-13)29-18-12-22-8-9-23-18/h1-10,12,17H,11H2,(H,24,25)(H2,21,27,28). The fourth-order valence-electron chi connectivity index (χ4n) is 3.09. The van der Waals surface area contributed by atoms with Gasteiger partial charge in [-0.25, -0.2) is 19.8 Å². The van der Waals surface area contributed by atoms with Gasteiger partial charge in [0.2, 0.25) is 11.8 Å². The van der Waals surface area contributed by atoms with Gasteiger partial charge in [-0.3, -0.25) is 4.98 Å². The molecule has 0 radical (unpaired) electrons. The number of nitrogens with two attached hydrogens (primary N) is 1. The van der Waals surface area contributed by atoms with Crippen LogP contribution in [-0.2, 0) is 10.2 Å². The van der Waals surface area contributed by atoms with Crippen LogP contribution < -0.4 is 19.5 Å². The molecule has 0 aliphatic carbocycles. The van der Waals surface area contributed by atoms with Gasteiger partial charge in [0.15, 0.2) is 0 Å². The van der Waals surface area contributed by atoms with Gasteiger partial charge in [-0.05, 0) is 42.0 Å². The van der Waals surface area contributed by atoms with E-state index in [1.54, 1.807) is 41.4 Å². The smallest absolute Gasteiger partial charge is 0.298 e. The van der Waals surface area contributed by atoms with Gasteiger partial charge in [0, 0.05) is 23.1 Å². The third-order valence-electron chi connectivity index (χ3n) is 4.30. The molecular formula is C19H17ClN6O3S. The Bertz CT molecular complexity index is 1170. The van der Waals surface area contributed by atoms with E-state index in [-0.39, 0.29) is 12.0 Å². The highest BCUT2D eigenvalue weighted by atomic mass is 35.5. The van der Waals surface area contributed by atoms with Crippen molar-refractivity contribution in [2.75, 3.05) is 11.4 Å². The summed E-state index contributed by atoms with van der Waals surface area (Å²) in [7, 11) is -4.00. The van der Waals surface area contributed by atoms with Gasteiger partial charge in [0.1, 0.15) is 5.75 Å². The predicted molar refractivity (Wildman–Crippen MR) is 114 cm³/mol. The summed E-state index contributed by atoms with van der Waals surface area (Å²) in [5.41, 5.74) is 1.57. The summed E-state index contributed by atoms with van der Waals surface area (Å²) in [6.07, 6.45) is 4.61. The zero-order valence-corrected chi connectivity index (χ0v) is 17.1. The molecule has 0 bridgehead atoms. The summed E-state index contributed by atoms with van der Waals surface area (Å²) in [5, 5.41) is 5.74. The quantitative estimate of drug-likeness (QED) is 0.623. The van der Waals surface area contributed by atoms with Crippen molar-refractivity contribution in [1.29, 1.82) is 0 Å². The minimum atomic E-state index is -4.00. The van der Waals surface area contributed by atoms with Gasteiger partial charge in [-0.15, -0.1) is 0 Å². The molecule has 11 heteroatoms. The second-order valence-corrected chi connectivity index (χ2v) is 8.12. The molecule has 0 saturated heterocycles. The average molecular weight is 445 g/mol. The van der Waals surface area contributed by atoms with E-state index in [0.29, 0.717) is 28.9 Å². The van der Waals surface area contributed by atoms with Crippen molar-refractivity contribution in [2.45, 2.75) is 6.04 Å². The normalized spacial score (nSPS) is 16.3. The number of hydrogen-bond acceptors (Lipinski definition) is 7. The Labute approximate surface area is 178 Å². The van der Waals surface area contributed by atoms with Gasteiger partial charge in [-0.1, -0.05) is 23.7 Å². The Balaban J connectivity index is 1.67. The monoisotopic (exact) mass is 444 g/mol. The van der Waals surface area contributed by atoms with Gasteiger partial charge < -0.3 is 9.64 Å². The Morgan fingerprint density at radius 3 is 2.67 bits per heavy atom. The summed E-state index contributed by atoms with van der Waals surface area (Å²) in [6.45, 7) is 0.315. The van der Waals surface area contributed by atoms with Crippen LogP contribution in [-0.4, -0.2) is 30.9 Å². The number of hydrogen-bond donors (Lipinski definition) is 2. The van der Waals surface area contributed by atoms with E-state index in [2.05, 4.69) is 19.7 Å². The molecule has 0 saturated carbocycles. The maximum absolute atomic E-state index is 11.6. The zero-order chi connectivity index (χ0) is 21.1. The first-order chi connectivity index (χ1) is 14.4. The molecule has 154 valence electrons. The number of halogens is 1. The predicted octanol–water partition coefficient (Wildman–Crippen LogP) is 2.63. The van der Waals surface area contributed by atoms with E-state index in [1.807, 2.05) is 18.2 Å². The van der Waals surface area contributed by atoms with Gasteiger partial charge in [0.05, 0.1) is 18.8 Å². The first-order valence-corrected chi connectivity index (χ1v) is 10.7. The van der Waals surface area contributed by atoms with E-state index >= 15 is 0 Å². The van der Waals surface area contributed by atoms with Crippen LogP contribution in [0.4, 0.5) is 5.69 Å². The number of guanidine groups is 1. The summed E-state index contributed by atoms with van der Waals surface area (Å²) >= 11 is 6.00. The highest BCUT2D eigenvalue weighted by Gasteiger charge is 2.32. The average Bonchev–Trinajstić information content (AvgIpc) is 3.11. The van der Waals surface area contributed by atoms with Crippen LogP contribution in [0.5, 0.6) is 11.6 Å². The Morgan fingerprint density at radius 2 is 1.97 bits per heavy atom. The highest BCUT2D eigenvalue weighted by Crippen LogP contribution is 2.34. The van der Waals surface area contributed by atoms with Crippen molar-refractivity contribution in [2.24, 2.45) is 10.1 Å². The lowest BCUT2D eigenvalue weighted by atomic mass is 10.1. The number of aromatic nitrogens is 2. The maximum atomic E-state index is 11.6. The number of ether oxygens (including phenoxy) is 1. The third kappa shape index (κ3) is 4.67. The minimum absolute atomic E-state index is 0.130. The van der Waals surface area contributed by atoms with Gasteiger partial charge in [0.25, 0.3) is 10.2 Å². The van der Waals surface area contributed by atoms with Crippen LogP contribution in [0.25, 0.3) is 0 Å². The molecule has 3 N–H and O–H groups in total. The van der Waals surface area contributed by atoms with Crippen molar-refractivity contribution in [3.8, 4) is 11.6 Å². The van der Waals surface area contributed by atoms with Gasteiger partial charge >= 0.3 is 0 Å². The molecule has 1 atom stereocenters. The van der Waals surface area contributed by atoms with Crippen molar-refractivity contribution >= 4 is 33.5 Å². The topological polar surface area (TPSA) is 123 Å². The first-order valence-electron chi connectivity index (χ1n) is 8.83. The molecule has 0 amide bonds. The van der Waals surface area contributed by atoms with E-state index in [4.69, 9.17) is 21.5 Å². The molecule has 0 spiro atoms. The van der Waals surface area contributed by atoms with Crippen LogP contribution in [0.3, 0.4) is 0 Å². The molecule has 1 aliphatic rings. The second-order valence-electron chi connectivity index (χ2n) is 6.39. The van der Waals surface area contributed by atoms with E-state index < -0.39 is 10.2 Å². The molecule has 1 aromatic heterocycles. The summed E-state index contributed by atoms with van der Waals surface area (Å²) in [5.74, 6) is 1.06. The fourth-order valence-corrected chi connectivity index (χ4v) is 3.63. The largest absolute Gasteiger partial charge is 0.437 e. The summed E-state index contributed by atoms with van der Waals surface area (Å²) in [6, 6.07) is 14.1. The summed E-state index contributed by atoms with van der Waals surface area (Å²) in [4.78, 5) is 14.2. The molecule has 4 rings (SSSR count). The molecule has 30 heavy (non-hydrogen) atoms. The second kappa shape index (κ2) is 8.27. The SMILES string of the molecule is NS(=O)(=O)NC1=NCC(c2cccc(Oc3cnccn3)c2)N1c1ccc(Cl)cc1. The van der Waals surface area contributed by atoms with Crippen LogP contribution >= 0.6 is 11.6 Å². The number of aliphatic imine (C=N–C) groups is 1. The maximum Gasteiger partial charge on any atom is 0.298 e. The lowest BCUT2D eigenvalue weighted by molar-refractivity contribution is 0.459. The Kier molecular flexibility index (Phi) is 5.53. The highest BCUT2D eigenvalue weighted by molar-refractivity contribution is 7.87. The third-order valence-corrected chi connectivity index (χ3v) is 5.02. The van der Waals surface area contributed by atoms with Crippen LogP contribution in [0.1, 0.15) is 11.6 Å². The zero-order valence-electron chi connectivity index (χ0n) is 15.5. The van der Waals surface area contributed by atoms with Crippen molar-refractivity contribution in [3.05, 3.63) is 77.7 Å². The summed E-state index contributed by atoms with van der Waals surface area (Å²) < 4.78 is 31.3. The van der Waals surface area contributed by atoms with Crippen molar-refractivity contribution in [3.63, 3.8) is 0 Å².